The zero-order valence-electron chi connectivity index (χ0n) is 10.7. The minimum absolute atomic E-state index is 0.0183. The second-order valence-electron chi connectivity index (χ2n) is 4.81. The van der Waals surface area contributed by atoms with Crippen LogP contribution in [0.4, 0.5) is 0 Å². The Morgan fingerprint density at radius 1 is 1.37 bits per heavy atom. The topological polar surface area (TPSA) is 37.4 Å². The van der Waals surface area contributed by atoms with E-state index in [9.17, 15) is 9.59 Å². The number of amides is 1. The predicted octanol–water partition coefficient (Wildman–Crippen LogP) is 3.64. The summed E-state index contributed by atoms with van der Waals surface area (Å²) in [5, 5.41) is 0. The minimum Gasteiger partial charge on any atom is -0.339 e. The van der Waals surface area contributed by atoms with Crippen LogP contribution in [0.1, 0.15) is 36.0 Å². The molecular formula is C14H15BrINO2. The van der Waals surface area contributed by atoms with Crippen LogP contribution in [0.25, 0.3) is 0 Å². The molecule has 3 nitrogen and oxygen atoms in total. The fourth-order valence-corrected chi connectivity index (χ4v) is 3.24. The highest BCUT2D eigenvalue weighted by Gasteiger charge is 2.26. The number of carbonyl (C=O) groups is 2. The summed E-state index contributed by atoms with van der Waals surface area (Å²) in [5.74, 6) is 0.331. The molecule has 0 aromatic heterocycles. The number of hydrogen-bond acceptors (Lipinski definition) is 2. The van der Waals surface area contributed by atoms with Crippen LogP contribution in [0.5, 0.6) is 0 Å². The van der Waals surface area contributed by atoms with Gasteiger partial charge in [0.25, 0.3) is 5.91 Å². The Bertz CT molecular complexity index is 508. The van der Waals surface area contributed by atoms with Crippen LogP contribution in [-0.2, 0) is 4.79 Å². The Kier molecular flexibility index (Phi) is 5.00. The molecule has 0 saturated heterocycles. The Morgan fingerprint density at radius 2 is 2.00 bits per heavy atom. The molecule has 19 heavy (non-hydrogen) atoms. The molecule has 5 heteroatoms. The summed E-state index contributed by atoms with van der Waals surface area (Å²) in [6, 6.07) is 5.92. The number of carbonyl (C=O) groups excluding carboxylic acids is 2. The summed E-state index contributed by atoms with van der Waals surface area (Å²) in [4.78, 5) is 25.5. The van der Waals surface area contributed by atoms with Crippen molar-refractivity contribution < 1.29 is 9.59 Å². The van der Waals surface area contributed by atoms with Gasteiger partial charge in [-0.2, -0.15) is 0 Å². The van der Waals surface area contributed by atoms with E-state index in [-0.39, 0.29) is 11.9 Å². The van der Waals surface area contributed by atoms with Gasteiger partial charge in [-0.15, -0.1) is 0 Å². The number of Topliss-reactive ketones (excluding diaryl/α,β-unsaturated/α-hetero) is 1. The maximum atomic E-state index is 12.5. The summed E-state index contributed by atoms with van der Waals surface area (Å²) >= 11 is 5.63. The third-order valence-electron chi connectivity index (χ3n) is 3.54. The van der Waals surface area contributed by atoms with Gasteiger partial charge in [-0.25, -0.2) is 0 Å². The molecule has 1 aliphatic rings. The van der Waals surface area contributed by atoms with E-state index < -0.39 is 0 Å². The lowest BCUT2D eigenvalue weighted by atomic mass is 9.93. The molecular weight excluding hydrogens is 421 g/mol. The molecule has 0 heterocycles. The van der Waals surface area contributed by atoms with Crippen LogP contribution in [0.15, 0.2) is 22.7 Å². The monoisotopic (exact) mass is 435 g/mol. The Hall–Kier alpha value is -0.430. The Balaban J connectivity index is 2.14. The van der Waals surface area contributed by atoms with Crippen molar-refractivity contribution in [2.75, 3.05) is 7.05 Å². The smallest absolute Gasteiger partial charge is 0.255 e. The second-order valence-corrected chi connectivity index (χ2v) is 6.91. The van der Waals surface area contributed by atoms with Crippen molar-refractivity contribution in [1.82, 2.24) is 4.90 Å². The molecule has 1 fully saturated rings. The van der Waals surface area contributed by atoms with Crippen LogP contribution in [0.3, 0.4) is 0 Å². The molecule has 0 atom stereocenters. The van der Waals surface area contributed by atoms with Gasteiger partial charge >= 0.3 is 0 Å². The third-order valence-corrected chi connectivity index (χ3v) is 4.90. The third kappa shape index (κ3) is 3.56. The van der Waals surface area contributed by atoms with Gasteiger partial charge in [0.1, 0.15) is 5.78 Å². The molecule has 1 amide bonds. The van der Waals surface area contributed by atoms with E-state index in [4.69, 9.17) is 0 Å². The van der Waals surface area contributed by atoms with Crippen molar-refractivity contribution in [2.45, 2.75) is 31.7 Å². The quantitative estimate of drug-likeness (QED) is 0.665. The van der Waals surface area contributed by atoms with Gasteiger partial charge in [0, 0.05) is 34.0 Å². The van der Waals surface area contributed by atoms with Crippen LogP contribution >= 0.6 is 38.5 Å². The summed E-state index contributed by atoms with van der Waals surface area (Å²) in [5.41, 5.74) is 0.686. The number of hydrogen-bond donors (Lipinski definition) is 0. The van der Waals surface area contributed by atoms with Gasteiger partial charge in [-0.05, 0) is 69.6 Å². The first-order valence-electron chi connectivity index (χ1n) is 6.23. The van der Waals surface area contributed by atoms with Crippen molar-refractivity contribution in [2.24, 2.45) is 0 Å². The molecule has 0 spiro atoms. The first-order valence-corrected chi connectivity index (χ1v) is 8.10. The maximum absolute atomic E-state index is 12.5. The zero-order valence-corrected chi connectivity index (χ0v) is 14.4. The molecule has 0 radical (unpaired) electrons. The van der Waals surface area contributed by atoms with Crippen molar-refractivity contribution in [3.05, 3.63) is 31.8 Å². The van der Waals surface area contributed by atoms with E-state index in [0.717, 1.165) is 20.9 Å². The van der Waals surface area contributed by atoms with E-state index in [0.29, 0.717) is 24.2 Å². The lowest BCUT2D eigenvalue weighted by Crippen LogP contribution is -2.39. The van der Waals surface area contributed by atoms with Crippen molar-refractivity contribution in [3.63, 3.8) is 0 Å². The highest BCUT2D eigenvalue weighted by Crippen LogP contribution is 2.25. The highest BCUT2D eigenvalue weighted by molar-refractivity contribution is 14.1. The number of halogens is 2. The summed E-state index contributed by atoms with van der Waals surface area (Å²) in [6.07, 6.45) is 2.75. The fraction of sp³-hybridized carbons (Fsp3) is 0.429. The molecule has 1 saturated carbocycles. The maximum Gasteiger partial charge on any atom is 0.255 e. The Labute approximate surface area is 135 Å². The fourth-order valence-electron chi connectivity index (χ4n) is 2.33. The molecule has 0 unspecified atom stereocenters. The lowest BCUT2D eigenvalue weighted by molar-refractivity contribution is -0.121. The second kappa shape index (κ2) is 6.35. The average Bonchev–Trinajstić information content (AvgIpc) is 2.41. The van der Waals surface area contributed by atoms with E-state index in [1.807, 2.05) is 25.2 Å². The largest absolute Gasteiger partial charge is 0.339 e. The predicted molar refractivity (Wildman–Crippen MR) is 86.2 cm³/mol. The SMILES string of the molecule is CN(C(=O)c1cc(I)ccc1Br)C1CCC(=O)CC1. The molecule has 1 aromatic carbocycles. The van der Waals surface area contributed by atoms with Gasteiger partial charge in [-0.3, -0.25) is 9.59 Å². The molecule has 1 aliphatic carbocycles. The van der Waals surface area contributed by atoms with E-state index in [1.54, 1.807) is 4.90 Å². The first kappa shape index (κ1) is 15.0. The van der Waals surface area contributed by atoms with Gasteiger partial charge in [0.15, 0.2) is 0 Å². The normalized spacial score (nSPS) is 16.5. The van der Waals surface area contributed by atoms with Gasteiger partial charge in [0.2, 0.25) is 0 Å². The summed E-state index contributed by atoms with van der Waals surface area (Å²) in [7, 11) is 1.83. The molecule has 102 valence electrons. The van der Waals surface area contributed by atoms with Crippen molar-refractivity contribution in [3.8, 4) is 0 Å². The number of nitrogens with zero attached hydrogens (tertiary/aromatic N) is 1. The van der Waals surface area contributed by atoms with Crippen LogP contribution < -0.4 is 0 Å². The number of benzene rings is 1. The number of ketones is 1. The molecule has 0 N–H and O–H groups in total. The summed E-state index contributed by atoms with van der Waals surface area (Å²) < 4.78 is 1.85. The average molecular weight is 436 g/mol. The molecule has 1 aromatic rings. The van der Waals surface area contributed by atoms with E-state index in [1.165, 1.54) is 0 Å². The first-order chi connectivity index (χ1) is 8.99. The minimum atomic E-state index is 0.0183. The van der Waals surface area contributed by atoms with Gasteiger partial charge in [0.05, 0.1) is 5.56 Å². The lowest BCUT2D eigenvalue weighted by Gasteiger charge is -2.31. The van der Waals surface area contributed by atoms with Crippen molar-refractivity contribution in [1.29, 1.82) is 0 Å². The zero-order chi connectivity index (χ0) is 14.0. The molecule has 2 rings (SSSR count). The summed E-state index contributed by atoms with van der Waals surface area (Å²) in [6.45, 7) is 0. The molecule has 0 aliphatic heterocycles. The van der Waals surface area contributed by atoms with Gasteiger partial charge < -0.3 is 4.90 Å². The van der Waals surface area contributed by atoms with E-state index >= 15 is 0 Å². The Morgan fingerprint density at radius 3 is 2.63 bits per heavy atom. The highest BCUT2D eigenvalue weighted by atomic mass is 127. The van der Waals surface area contributed by atoms with Crippen molar-refractivity contribution >= 4 is 50.2 Å². The number of rotatable bonds is 2. The van der Waals surface area contributed by atoms with Gasteiger partial charge in [-0.1, -0.05) is 0 Å². The van der Waals surface area contributed by atoms with Crippen LogP contribution in [0.2, 0.25) is 0 Å². The standard InChI is InChI=1S/C14H15BrINO2/c1-17(10-3-5-11(18)6-4-10)14(19)12-8-9(16)2-7-13(12)15/h2,7-8,10H,3-6H2,1H3. The van der Waals surface area contributed by atoms with Crippen LogP contribution in [0, 0.1) is 3.57 Å². The van der Waals surface area contributed by atoms with E-state index in [2.05, 4.69) is 38.5 Å². The van der Waals surface area contributed by atoms with Crippen LogP contribution in [-0.4, -0.2) is 29.7 Å². The molecule has 0 bridgehead atoms.